The van der Waals surface area contributed by atoms with E-state index in [9.17, 15) is 0 Å². The van der Waals surface area contributed by atoms with Crippen molar-refractivity contribution in [2.45, 2.75) is 0 Å². The van der Waals surface area contributed by atoms with Gasteiger partial charge in [0.15, 0.2) is 5.82 Å². The Morgan fingerprint density at radius 1 is 0.941 bits per heavy atom. The molecule has 0 spiro atoms. The van der Waals surface area contributed by atoms with Crippen LogP contribution in [0.4, 0.5) is 11.9 Å². The number of nitrogens with two attached hydrogens (primary N) is 2. The summed E-state index contributed by atoms with van der Waals surface area (Å²) in [4.78, 5) is 11.8. The fourth-order valence-corrected chi connectivity index (χ4v) is 1.68. The van der Waals surface area contributed by atoms with Gasteiger partial charge in [0.05, 0.1) is 5.56 Å². The molecule has 17 heavy (non-hydrogen) atoms. The van der Waals surface area contributed by atoms with E-state index in [1.165, 1.54) is 0 Å². The molecular weight excluding hydrogens is 218 g/mol. The first-order valence-electron chi connectivity index (χ1n) is 4.97. The predicted molar refractivity (Wildman–Crippen MR) is 63.9 cm³/mol. The highest BCUT2D eigenvalue weighted by Crippen LogP contribution is 2.28. The minimum atomic E-state index is 0.0952. The van der Waals surface area contributed by atoms with Gasteiger partial charge in [0.25, 0.3) is 0 Å². The molecule has 3 aromatic rings. The normalized spacial score (nSPS) is 10.8. The SMILES string of the molecule is Nc1nc(N)nc(-c2coc3ccccc23)n1. The lowest BCUT2D eigenvalue weighted by Crippen LogP contribution is -2.03. The third-order valence-electron chi connectivity index (χ3n) is 2.39. The van der Waals surface area contributed by atoms with Crippen LogP contribution >= 0.6 is 0 Å². The van der Waals surface area contributed by atoms with E-state index in [4.69, 9.17) is 15.9 Å². The van der Waals surface area contributed by atoms with Crippen molar-refractivity contribution >= 4 is 22.9 Å². The number of fused-ring (bicyclic) bond motifs is 1. The highest BCUT2D eigenvalue weighted by Gasteiger charge is 2.11. The standard InChI is InChI=1S/C11H9N5O/c12-10-14-9(15-11(13)16-10)7-5-17-8-4-2-1-3-6(7)8/h1-5H,(H4,12,13,14,15,16). The molecule has 6 nitrogen and oxygen atoms in total. The van der Waals surface area contributed by atoms with Gasteiger partial charge in [-0.25, -0.2) is 0 Å². The first-order valence-corrected chi connectivity index (χ1v) is 4.97. The zero-order valence-electron chi connectivity index (χ0n) is 8.79. The van der Waals surface area contributed by atoms with Crippen LogP contribution in [-0.4, -0.2) is 15.0 Å². The van der Waals surface area contributed by atoms with E-state index in [0.717, 1.165) is 16.5 Å². The van der Waals surface area contributed by atoms with Gasteiger partial charge in [0.1, 0.15) is 11.8 Å². The van der Waals surface area contributed by atoms with Gasteiger partial charge >= 0.3 is 0 Å². The van der Waals surface area contributed by atoms with Crippen LogP contribution in [0.25, 0.3) is 22.4 Å². The summed E-state index contributed by atoms with van der Waals surface area (Å²) in [5.74, 6) is 0.607. The summed E-state index contributed by atoms with van der Waals surface area (Å²) in [5.41, 5.74) is 12.6. The molecule has 0 aliphatic rings. The van der Waals surface area contributed by atoms with E-state index in [0.29, 0.717) is 5.82 Å². The summed E-state index contributed by atoms with van der Waals surface area (Å²) in [6.07, 6.45) is 1.58. The van der Waals surface area contributed by atoms with E-state index in [1.807, 2.05) is 24.3 Å². The second-order valence-electron chi connectivity index (χ2n) is 3.52. The van der Waals surface area contributed by atoms with Crippen LogP contribution in [0, 0.1) is 0 Å². The smallest absolute Gasteiger partial charge is 0.225 e. The molecule has 0 fully saturated rings. The van der Waals surface area contributed by atoms with Crippen molar-refractivity contribution in [1.82, 2.24) is 15.0 Å². The van der Waals surface area contributed by atoms with E-state index in [1.54, 1.807) is 6.26 Å². The van der Waals surface area contributed by atoms with Crippen molar-refractivity contribution in [3.63, 3.8) is 0 Å². The molecular formula is C11H9N5O. The van der Waals surface area contributed by atoms with Crippen LogP contribution < -0.4 is 11.5 Å². The topological polar surface area (TPSA) is 104 Å². The average molecular weight is 227 g/mol. The summed E-state index contributed by atoms with van der Waals surface area (Å²) in [6.45, 7) is 0. The van der Waals surface area contributed by atoms with Crippen LogP contribution in [0.15, 0.2) is 34.9 Å². The lowest BCUT2D eigenvalue weighted by Gasteiger charge is -1.99. The van der Waals surface area contributed by atoms with Crippen molar-refractivity contribution in [2.24, 2.45) is 0 Å². The highest BCUT2D eigenvalue weighted by atomic mass is 16.3. The minimum absolute atomic E-state index is 0.0952. The first kappa shape index (κ1) is 9.59. The summed E-state index contributed by atoms with van der Waals surface area (Å²) < 4.78 is 5.40. The number of nitrogens with zero attached hydrogens (tertiary/aromatic N) is 3. The second kappa shape index (κ2) is 3.44. The Hall–Kier alpha value is -2.63. The van der Waals surface area contributed by atoms with E-state index in [-0.39, 0.29) is 11.9 Å². The summed E-state index contributed by atoms with van der Waals surface area (Å²) in [6, 6.07) is 7.60. The Labute approximate surface area is 96.3 Å². The first-order chi connectivity index (χ1) is 8.24. The average Bonchev–Trinajstić information content (AvgIpc) is 2.71. The third kappa shape index (κ3) is 1.55. The maximum atomic E-state index is 5.54. The largest absolute Gasteiger partial charge is 0.464 e. The number of aromatic nitrogens is 3. The number of benzene rings is 1. The molecule has 0 bridgehead atoms. The second-order valence-corrected chi connectivity index (χ2v) is 3.52. The van der Waals surface area contributed by atoms with Crippen LogP contribution in [0.1, 0.15) is 0 Å². The van der Waals surface area contributed by atoms with Gasteiger partial charge in [-0.15, -0.1) is 0 Å². The van der Waals surface area contributed by atoms with Gasteiger partial charge < -0.3 is 15.9 Å². The highest BCUT2D eigenvalue weighted by molar-refractivity contribution is 5.92. The minimum Gasteiger partial charge on any atom is -0.464 e. The van der Waals surface area contributed by atoms with Crippen LogP contribution in [-0.2, 0) is 0 Å². The molecule has 84 valence electrons. The Morgan fingerprint density at radius 3 is 2.41 bits per heavy atom. The number of furan rings is 1. The zero-order valence-corrected chi connectivity index (χ0v) is 8.79. The Bertz CT molecular complexity index is 671. The number of anilines is 2. The van der Waals surface area contributed by atoms with Gasteiger partial charge in [-0.3, -0.25) is 0 Å². The van der Waals surface area contributed by atoms with Crippen molar-refractivity contribution < 1.29 is 4.42 Å². The Balaban J connectivity index is 2.27. The molecule has 0 unspecified atom stereocenters. The van der Waals surface area contributed by atoms with Crippen molar-refractivity contribution in [3.05, 3.63) is 30.5 Å². The fourth-order valence-electron chi connectivity index (χ4n) is 1.68. The third-order valence-corrected chi connectivity index (χ3v) is 2.39. The van der Waals surface area contributed by atoms with E-state index >= 15 is 0 Å². The Kier molecular flexibility index (Phi) is 1.94. The van der Waals surface area contributed by atoms with Gasteiger partial charge in [-0.2, -0.15) is 15.0 Å². The van der Waals surface area contributed by atoms with Gasteiger partial charge in [-0.05, 0) is 6.07 Å². The maximum absolute atomic E-state index is 5.54. The summed E-state index contributed by atoms with van der Waals surface area (Å²) in [5, 5.41) is 0.914. The number of hydrogen-bond donors (Lipinski definition) is 2. The molecule has 6 heteroatoms. The molecule has 3 rings (SSSR count). The molecule has 0 aliphatic carbocycles. The van der Waals surface area contributed by atoms with Crippen LogP contribution in [0.5, 0.6) is 0 Å². The molecule has 4 N–H and O–H groups in total. The molecule has 1 aromatic carbocycles. The number of para-hydroxylation sites is 1. The summed E-state index contributed by atoms with van der Waals surface area (Å²) in [7, 11) is 0. The molecule has 2 aromatic heterocycles. The maximum Gasteiger partial charge on any atom is 0.225 e. The number of rotatable bonds is 1. The van der Waals surface area contributed by atoms with E-state index in [2.05, 4.69) is 15.0 Å². The quantitative estimate of drug-likeness (QED) is 0.652. The predicted octanol–water partition coefficient (Wildman–Crippen LogP) is 1.45. The lowest BCUT2D eigenvalue weighted by molar-refractivity contribution is 0.616. The van der Waals surface area contributed by atoms with Gasteiger partial charge in [-0.1, -0.05) is 18.2 Å². The fraction of sp³-hybridized carbons (Fsp3) is 0. The van der Waals surface area contributed by atoms with Crippen molar-refractivity contribution in [3.8, 4) is 11.4 Å². The lowest BCUT2D eigenvalue weighted by atomic mass is 10.2. The van der Waals surface area contributed by atoms with E-state index < -0.39 is 0 Å². The van der Waals surface area contributed by atoms with Crippen molar-refractivity contribution in [1.29, 1.82) is 0 Å². The monoisotopic (exact) mass is 227 g/mol. The number of nitrogen functional groups attached to an aromatic ring is 2. The van der Waals surface area contributed by atoms with Gasteiger partial charge in [0, 0.05) is 5.39 Å². The molecule has 0 radical (unpaired) electrons. The Morgan fingerprint density at radius 2 is 1.65 bits per heavy atom. The molecule has 0 atom stereocenters. The van der Waals surface area contributed by atoms with Crippen molar-refractivity contribution in [2.75, 3.05) is 11.5 Å². The zero-order chi connectivity index (χ0) is 11.8. The van der Waals surface area contributed by atoms with Gasteiger partial charge in [0.2, 0.25) is 11.9 Å². The van der Waals surface area contributed by atoms with Crippen LogP contribution in [0.2, 0.25) is 0 Å². The molecule has 0 amide bonds. The molecule has 0 saturated carbocycles. The number of hydrogen-bond acceptors (Lipinski definition) is 6. The molecule has 0 saturated heterocycles. The van der Waals surface area contributed by atoms with Crippen LogP contribution in [0.3, 0.4) is 0 Å². The molecule has 0 aliphatic heterocycles. The summed E-state index contributed by atoms with van der Waals surface area (Å²) >= 11 is 0. The molecule has 2 heterocycles.